The highest BCUT2D eigenvalue weighted by Gasteiger charge is 1.96. The maximum absolute atomic E-state index is 9.02. The number of aliphatic hydroxyl groups excluding tert-OH is 1. The second kappa shape index (κ2) is 4.80. The molecule has 1 aromatic carbocycles. The molecule has 0 radical (unpaired) electrons. The van der Waals surface area contributed by atoms with E-state index >= 15 is 0 Å². The molecular formula is C11H15NO. The molecule has 0 saturated heterocycles. The van der Waals surface area contributed by atoms with Crippen LogP contribution in [0.5, 0.6) is 0 Å². The topological polar surface area (TPSA) is 46.2 Å². The molecule has 0 aromatic heterocycles. The second-order valence-electron chi connectivity index (χ2n) is 2.98. The van der Waals surface area contributed by atoms with Crippen LogP contribution in [0.4, 0.5) is 0 Å². The van der Waals surface area contributed by atoms with Gasteiger partial charge in [0.25, 0.3) is 0 Å². The zero-order chi connectivity index (χ0) is 9.68. The molecule has 2 heteroatoms. The Morgan fingerprint density at radius 2 is 2.23 bits per heavy atom. The normalized spacial score (nSPS) is 11.0. The van der Waals surface area contributed by atoms with E-state index in [2.05, 4.69) is 0 Å². The van der Waals surface area contributed by atoms with Gasteiger partial charge in [0.1, 0.15) is 0 Å². The van der Waals surface area contributed by atoms with Gasteiger partial charge in [-0.1, -0.05) is 24.3 Å². The summed E-state index contributed by atoms with van der Waals surface area (Å²) in [5.41, 5.74) is 8.51. The van der Waals surface area contributed by atoms with E-state index in [-0.39, 0.29) is 6.61 Å². The lowest BCUT2D eigenvalue weighted by molar-refractivity contribution is 0.281. The molecule has 1 rings (SSSR count). The number of aryl methyl sites for hydroxylation is 1. The highest BCUT2D eigenvalue weighted by atomic mass is 16.3. The predicted octanol–water partition coefficient (Wildman–Crippen LogP) is 1.46. The maximum Gasteiger partial charge on any atom is 0.0684 e. The molecule has 0 fully saturated rings. The van der Waals surface area contributed by atoms with Crippen molar-refractivity contribution in [3.05, 3.63) is 41.0 Å². The van der Waals surface area contributed by atoms with Gasteiger partial charge in [-0.25, -0.2) is 0 Å². The molecular weight excluding hydrogens is 162 g/mol. The SMILES string of the molecule is Cc1ccc(C=CCN)cc1CO. The van der Waals surface area contributed by atoms with Crippen molar-refractivity contribution in [1.29, 1.82) is 0 Å². The Morgan fingerprint density at radius 3 is 2.85 bits per heavy atom. The fourth-order valence-electron chi connectivity index (χ4n) is 1.17. The summed E-state index contributed by atoms with van der Waals surface area (Å²) in [6.45, 7) is 2.63. The van der Waals surface area contributed by atoms with E-state index in [1.54, 1.807) is 0 Å². The van der Waals surface area contributed by atoms with Gasteiger partial charge < -0.3 is 10.8 Å². The Kier molecular flexibility index (Phi) is 3.68. The largest absolute Gasteiger partial charge is 0.392 e. The number of hydrogen-bond acceptors (Lipinski definition) is 2. The summed E-state index contributed by atoms with van der Waals surface area (Å²) < 4.78 is 0. The number of nitrogens with two attached hydrogens (primary N) is 1. The van der Waals surface area contributed by atoms with Crippen molar-refractivity contribution in [2.75, 3.05) is 6.54 Å². The van der Waals surface area contributed by atoms with E-state index in [1.165, 1.54) is 0 Å². The van der Waals surface area contributed by atoms with Gasteiger partial charge in [-0.3, -0.25) is 0 Å². The molecule has 0 aliphatic carbocycles. The second-order valence-corrected chi connectivity index (χ2v) is 2.98. The lowest BCUT2D eigenvalue weighted by atomic mass is 10.1. The average Bonchev–Trinajstić information content (AvgIpc) is 2.16. The lowest BCUT2D eigenvalue weighted by Crippen LogP contribution is -1.93. The molecule has 1 aromatic rings. The van der Waals surface area contributed by atoms with Gasteiger partial charge in [0, 0.05) is 6.54 Å². The van der Waals surface area contributed by atoms with Crippen molar-refractivity contribution < 1.29 is 5.11 Å². The van der Waals surface area contributed by atoms with Crippen LogP contribution in [0.15, 0.2) is 24.3 Å². The summed E-state index contributed by atoms with van der Waals surface area (Å²) in [6, 6.07) is 5.99. The minimum atomic E-state index is 0.0934. The highest BCUT2D eigenvalue weighted by Crippen LogP contribution is 2.12. The number of benzene rings is 1. The minimum absolute atomic E-state index is 0.0934. The van der Waals surface area contributed by atoms with Gasteiger partial charge in [-0.2, -0.15) is 0 Å². The molecule has 3 N–H and O–H groups in total. The van der Waals surface area contributed by atoms with Gasteiger partial charge in [0.2, 0.25) is 0 Å². The lowest BCUT2D eigenvalue weighted by Gasteiger charge is -2.02. The third-order valence-corrected chi connectivity index (χ3v) is 1.99. The standard InChI is InChI=1S/C11H15NO/c1-9-4-5-10(3-2-6-12)7-11(9)8-13/h2-5,7,13H,6,8,12H2,1H3. The Hall–Kier alpha value is -1.12. The van der Waals surface area contributed by atoms with E-state index in [0.717, 1.165) is 16.7 Å². The van der Waals surface area contributed by atoms with Crippen LogP contribution in [0.25, 0.3) is 6.08 Å². The van der Waals surface area contributed by atoms with Crippen LogP contribution in [-0.2, 0) is 6.61 Å². The zero-order valence-corrected chi connectivity index (χ0v) is 7.83. The maximum atomic E-state index is 9.02. The molecule has 0 heterocycles. The van der Waals surface area contributed by atoms with Crippen LogP contribution in [-0.4, -0.2) is 11.7 Å². The van der Waals surface area contributed by atoms with Crippen LogP contribution in [0, 0.1) is 6.92 Å². The van der Waals surface area contributed by atoms with Crippen LogP contribution < -0.4 is 5.73 Å². The van der Waals surface area contributed by atoms with Crippen LogP contribution >= 0.6 is 0 Å². The first-order chi connectivity index (χ1) is 6.27. The molecule has 13 heavy (non-hydrogen) atoms. The van der Waals surface area contributed by atoms with E-state index in [4.69, 9.17) is 10.8 Å². The minimum Gasteiger partial charge on any atom is -0.392 e. The van der Waals surface area contributed by atoms with Crippen molar-refractivity contribution in [2.24, 2.45) is 5.73 Å². The Balaban J connectivity index is 2.92. The molecule has 0 spiro atoms. The van der Waals surface area contributed by atoms with E-state index < -0.39 is 0 Å². The van der Waals surface area contributed by atoms with Crippen LogP contribution in [0.2, 0.25) is 0 Å². The Morgan fingerprint density at radius 1 is 1.46 bits per heavy atom. The summed E-state index contributed by atoms with van der Waals surface area (Å²) in [6.07, 6.45) is 3.85. The summed E-state index contributed by atoms with van der Waals surface area (Å²) in [4.78, 5) is 0. The highest BCUT2D eigenvalue weighted by molar-refractivity contribution is 5.51. The monoisotopic (exact) mass is 177 g/mol. The van der Waals surface area contributed by atoms with Gasteiger partial charge in [-0.15, -0.1) is 0 Å². The third-order valence-electron chi connectivity index (χ3n) is 1.99. The number of hydrogen-bond donors (Lipinski definition) is 2. The van der Waals surface area contributed by atoms with Crippen LogP contribution in [0.3, 0.4) is 0 Å². The molecule has 0 atom stereocenters. The fraction of sp³-hybridized carbons (Fsp3) is 0.273. The molecule has 0 saturated carbocycles. The molecule has 0 unspecified atom stereocenters. The summed E-state index contributed by atoms with van der Waals surface area (Å²) in [5, 5.41) is 9.02. The number of rotatable bonds is 3. The van der Waals surface area contributed by atoms with Crippen molar-refractivity contribution in [3.8, 4) is 0 Å². The Labute approximate surface area is 78.7 Å². The van der Waals surface area contributed by atoms with Crippen molar-refractivity contribution in [2.45, 2.75) is 13.5 Å². The van der Waals surface area contributed by atoms with Crippen LogP contribution in [0.1, 0.15) is 16.7 Å². The smallest absolute Gasteiger partial charge is 0.0684 e. The fourth-order valence-corrected chi connectivity index (χ4v) is 1.17. The molecule has 70 valence electrons. The van der Waals surface area contributed by atoms with Gasteiger partial charge in [0.05, 0.1) is 6.61 Å². The molecule has 2 nitrogen and oxygen atoms in total. The summed E-state index contributed by atoms with van der Waals surface area (Å²) >= 11 is 0. The zero-order valence-electron chi connectivity index (χ0n) is 7.83. The first-order valence-electron chi connectivity index (χ1n) is 4.35. The summed E-state index contributed by atoms with van der Waals surface area (Å²) in [5.74, 6) is 0. The molecule has 0 aliphatic heterocycles. The quantitative estimate of drug-likeness (QED) is 0.734. The number of aliphatic hydroxyl groups is 1. The third kappa shape index (κ3) is 2.68. The first-order valence-corrected chi connectivity index (χ1v) is 4.35. The molecule has 0 amide bonds. The Bertz CT molecular complexity index is 305. The van der Waals surface area contributed by atoms with Gasteiger partial charge in [0.15, 0.2) is 0 Å². The molecule has 0 aliphatic rings. The van der Waals surface area contributed by atoms with E-state index in [0.29, 0.717) is 6.54 Å². The average molecular weight is 177 g/mol. The first kappa shape index (κ1) is 9.96. The summed E-state index contributed by atoms with van der Waals surface area (Å²) in [7, 11) is 0. The van der Waals surface area contributed by atoms with Crippen molar-refractivity contribution in [3.63, 3.8) is 0 Å². The predicted molar refractivity (Wildman–Crippen MR) is 55.2 cm³/mol. The van der Waals surface area contributed by atoms with Gasteiger partial charge >= 0.3 is 0 Å². The molecule has 0 bridgehead atoms. The van der Waals surface area contributed by atoms with Crippen molar-refractivity contribution >= 4 is 6.08 Å². The van der Waals surface area contributed by atoms with Gasteiger partial charge in [-0.05, 0) is 29.7 Å². The van der Waals surface area contributed by atoms with E-state index in [9.17, 15) is 0 Å². The van der Waals surface area contributed by atoms with E-state index in [1.807, 2.05) is 37.3 Å². The van der Waals surface area contributed by atoms with Crippen molar-refractivity contribution in [1.82, 2.24) is 0 Å².